The van der Waals surface area contributed by atoms with Gasteiger partial charge in [-0.2, -0.15) is 0 Å². The van der Waals surface area contributed by atoms with Gasteiger partial charge in [0.05, 0.1) is 0 Å². The summed E-state index contributed by atoms with van der Waals surface area (Å²) in [5.41, 5.74) is 4.04. The third-order valence-corrected chi connectivity index (χ3v) is 4.82. The molecule has 0 radical (unpaired) electrons. The second kappa shape index (κ2) is 7.28. The smallest absolute Gasteiger partial charge is 0.146 e. The molecule has 0 aliphatic carbocycles. The number of rotatable bonds is 5. The van der Waals surface area contributed by atoms with Crippen LogP contribution in [0.4, 0.5) is 0 Å². The second-order valence-corrected chi connectivity index (χ2v) is 8.28. The van der Waals surface area contributed by atoms with Gasteiger partial charge in [-0.05, 0) is 48.1 Å². The molecule has 0 saturated heterocycles. The molecule has 1 N–H and O–H groups in total. The molecular weight excluding hydrogens is 346 g/mol. The lowest BCUT2D eigenvalue weighted by atomic mass is 9.84. The first kappa shape index (κ1) is 18.7. The minimum Gasteiger partial charge on any atom is -0.505 e. The number of aromatic nitrogens is 3. The first-order valence-electron chi connectivity index (χ1n) is 9.19. The van der Waals surface area contributed by atoms with Crippen LogP contribution in [-0.2, 0) is 11.8 Å². The quantitative estimate of drug-likeness (QED) is 0.576. The topological polar surface area (TPSA) is 50.9 Å². The highest BCUT2D eigenvalue weighted by molar-refractivity contribution is 6.31. The zero-order valence-electron chi connectivity index (χ0n) is 15.9. The third kappa shape index (κ3) is 3.85. The first-order valence-corrected chi connectivity index (χ1v) is 9.56. The Morgan fingerprint density at radius 2 is 1.77 bits per heavy atom. The average molecular weight is 372 g/mol. The molecule has 1 aromatic heterocycles. The number of hydrogen-bond donors (Lipinski definition) is 1. The highest BCUT2D eigenvalue weighted by Gasteiger charge is 2.23. The van der Waals surface area contributed by atoms with Gasteiger partial charge in [0, 0.05) is 10.6 Å². The van der Waals surface area contributed by atoms with E-state index in [2.05, 4.69) is 44.0 Å². The van der Waals surface area contributed by atoms with E-state index >= 15 is 0 Å². The Balaban J connectivity index is 2.12. The maximum absolute atomic E-state index is 10.9. The van der Waals surface area contributed by atoms with Crippen molar-refractivity contribution in [2.45, 2.75) is 58.8 Å². The minimum atomic E-state index is -0.171. The van der Waals surface area contributed by atoms with Crippen molar-refractivity contribution in [1.82, 2.24) is 15.0 Å². The van der Waals surface area contributed by atoms with Crippen molar-refractivity contribution in [3.8, 4) is 11.4 Å². The second-order valence-electron chi connectivity index (χ2n) is 7.84. The van der Waals surface area contributed by atoms with Crippen LogP contribution in [0.3, 0.4) is 0 Å². The molecule has 4 nitrogen and oxygen atoms in total. The highest BCUT2D eigenvalue weighted by atomic mass is 35.5. The molecule has 0 amide bonds. The van der Waals surface area contributed by atoms with E-state index in [1.54, 1.807) is 12.1 Å². The number of aryl methyl sites for hydroxylation is 1. The molecule has 0 bridgehead atoms. The molecule has 0 aliphatic heterocycles. The van der Waals surface area contributed by atoms with Gasteiger partial charge in [0.25, 0.3) is 0 Å². The lowest BCUT2D eigenvalue weighted by Gasteiger charge is -2.23. The monoisotopic (exact) mass is 371 g/mol. The van der Waals surface area contributed by atoms with Crippen LogP contribution < -0.4 is 0 Å². The number of phenolic OH excluding ortho intramolecular Hbond substituents is 1. The van der Waals surface area contributed by atoms with Crippen LogP contribution >= 0.6 is 11.6 Å². The highest BCUT2D eigenvalue weighted by Crippen LogP contribution is 2.36. The van der Waals surface area contributed by atoms with E-state index in [9.17, 15) is 5.11 Å². The lowest BCUT2D eigenvalue weighted by Crippen LogP contribution is -2.14. The Hall–Kier alpha value is -2.07. The first-order chi connectivity index (χ1) is 12.3. The fraction of sp³-hybridized carbons (Fsp3) is 0.429. The van der Waals surface area contributed by atoms with Gasteiger partial charge in [0.15, 0.2) is 0 Å². The number of fused-ring (bicyclic) bond motifs is 1. The molecular formula is C21H26ClN3O. The largest absolute Gasteiger partial charge is 0.505 e. The molecule has 5 heteroatoms. The molecule has 0 unspecified atom stereocenters. The lowest BCUT2D eigenvalue weighted by molar-refractivity contribution is 0.440. The summed E-state index contributed by atoms with van der Waals surface area (Å²) in [4.78, 5) is 1.52. The van der Waals surface area contributed by atoms with E-state index in [0.29, 0.717) is 16.2 Å². The number of hydrogen-bond acceptors (Lipinski definition) is 3. The van der Waals surface area contributed by atoms with E-state index < -0.39 is 0 Å². The van der Waals surface area contributed by atoms with Crippen molar-refractivity contribution in [3.63, 3.8) is 0 Å². The van der Waals surface area contributed by atoms with Crippen molar-refractivity contribution < 1.29 is 5.11 Å². The normalized spacial score (nSPS) is 12.0. The van der Waals surface area contributed by atoms with Gasteiger partial charge in [0.1, 0.15) is 22.5 Å². The van der Waals surface area contributed by atoms with Gasteiger partial charge >= 0.3 is 0 Å². The molecule has 0 saturated carbocycles. The Labute approximate surface area is 159 Å². The Morgan fingerprint density at radius 3 is 2.46 bits per heavy atom. The van der Waals surface area contributed by atoms with E-state index in [1.165, 1.54) is 23.2 Å². The maximum atomic E-state index is 10.9. The minimum absolute atomic E-state index is 0.171. The van der Waals surface area contributed by atoms with Gasteiger partial charge in [-0.1, -0.05) is 58.2 Å². The summed E-state index contributed by atoms with van der Waals surface area (Å²) in [6.45, 7) is 8.52. The SMILES string of the molecule is CCCCCc1cc(-n2nc3ccc(Cl)cc3n2)c(O)c(C(C)(C)C)c1. The number of phenols is 1. The summed E-state index contributed by atoms with van der Waals surface area (Å²) in [5, 5.41) is 20.6. The zero-order valence-corrected chi connectivity index (χ0v) is 16.6. The summed E-state index contributed by atoms with van der Waals surface area (Å²) >= 11 is 6.06. The van der Waals surface area contributed by atoms with Crippen molar-refractivity contribution in [1.29, 1.82) is 0 Å². The fourth-order valence-electron chi connectivity index (χ4n) is 3.12. The number of nitrogens with zero attached hydrogens (tertiary/aromatic N) is 3. The third-order valence-electron chi connectivity index (χ3n) is 4.58. The van der Waals surface area contributed by atoms with Crippen molar-refractivity contribution in [3.05, 3.63) is 46.5 Å². The van der Waals surface area contributed by atoms with Crippen molar-refractivity contribution >= 4 is 22.6 Å². The molecule has 3 aromatic rings. The summed E-state index contributed by atoms with van der Waals surface area (Å²) in [7, 11) is 0. The summed E-state index contributed by atoms with van der Waals surface area (Å²) < 4.78 is 0. The van der Waals surface area contributed by atoms with Gasteiger partial charge in [0.2, 0.25) is 0 Å². The fourth-order valence-corrected chi connectivity index (χ4v) is 3.29. The molecule has 1 heterocycles. The molecule has 138 valence electrons. The molecule has 2 aromatic carbocycles. The molecule has 0 atom stereocenters. The number of halogens is 1. The van der Waals surface area contributed by atoms with Crippen LogP contribution in [0.2, 0.25) is 5.02 Å². The van der Waals surface area contributed by atoms with E-state index in [-0.39, 0.29) is 11.2 Å². The Morgan fingerprint density at radius 1 is 1.04 bits per heavy atom. The summed E-state index contributed by atoms with van der Waals surface area (Å²) in [6.07, 6.45) is 4.50. The van der Waals surface area contributed by atoms with Crippen LogP contribution in [0.5, 0.6) is 5.75 Å². The van der Waals surface area contributed by atoms with Crippen LogP contribution in [0.1, 0.15) is 58.1 Å². The summed E-state index contributed by atoms with van der Waals surface area (Å²) in [6, 6.07) is 9.54. The number of benzene rings is 2. The maximum Gasteiger partial charge on any atom is 0.146 e. The van der Waals surface area contributed by atoms with Crippen LogP contribution in [0, 0.1) is 0 Å². The van der Waals surface area contributed by atoms with Crippen molar-refractivity contribution in [2.24, 2.45) is 0 Å². The Bertz CT molecular complexity index is 925. The van der Waals surface area contributed by atoms with Gasteiger partial charge in [-0.3, -0.25) is 0 Å². The zero-order chi connectivity index (χ0) is 18.9. The average Bonchev–Trinajstić information content (AvgIpc) is 2.98. The predicted molar refractivity (Wildman–Crippen MR) is 107 cm³/mol. The van der Waals surface area contributed by atoms with Crippen LogP contribution in [0.25, 0.3) is 16.7 Å². The summed E-state index contributed by atoms with van der Waals surface area (Å²) in [5.74, 6) is 0.239. The van der Waals surface area contributed by atoms with Crippen LogP contribution in [-0.4, -0.2) is 20.1 Å². The van der Waals surface area contributed by atoms with Gasteiger partial charge in [-0.25, -0.2) is 0 Å². The number of unbranched alkanes of at least 4 members (excludes halogenated alkanes) is 2. The van der Waals surface area contributed by atoms with E-state index in [1.807, 2.05) is 12.1 Å². The molecule has 0 fully saturated rings. The van der Waals surface area contributed by atoms with E-state index in [4.69, 9.17) is 11.6 Å². The van der Waals surface area contributed by atoms with Crippen LogP contribution in [0.15, 0.2) is 30.3 Å². The standard InChI is InChI=1S/C21H26ClN3O/c1-5-6-7-8-14-11-16(21(2,3)4)20(26)19(12-14)25-23-17-10-9-15(22)13-18(17)24-25/h9-13,26H,5-8H2,1-4H3. The molecule has 3 rings (SSSR count). The molecule has 26 heavy (non-hydrogen) atoms. The predicted octanol–water partition coefficient (Wildman–Crippen LogP) is 5.81. The van der Waals surface area contributed by atoms with Gasteiger partial charge < -0.3 is 5.11 Å². The van der Waals surface area contributed by atoms with E-state index in [0.717, 1.165) is 23.9 Å². The van der Waals surface area contributed by atoms with Gasteiger partial charge in [-0.15, -0.1) is 15.0 Å². The van der Waals surface area contributed by atoms with Crippen molar-refractivity contribution in [2.75, 3.05) is 0 Å². The Kier molecular flexibility index (Phi) is 5.24. The molecule has 0 aliphatic rings. The molecule has 0 spiro atoms. The number of aromatic hydroxyl groups is 1.